The zero-order valence-corrected chi connectivity index (χ0v) is 19.3. The van der Waals surface area contributed by atoms with Gasteiger partial charge in [-0.3, -0.25) is 14.4 Å². The molecule has 0 unspecified atom stereocenters. The van der Waals surface area contributed by atoms with Crippen molar-refractivity contribution in [2.45, 2.75) is 44.9 Å². The topological polar surface area (TPSA) is 87.7 Å². The van der Waals surface area contributed by atoms with E-state index >= 15 is 0 Å². The van der Waals surface area contributed by atoms with Crippen molar-refractivity contribution in [1.82, 2.24) is 5.32 Å². The number of nitrogens with one attached hydrogen (secondary N) is 2. The van der Waals surface area contributed by atoms with Crippen LogP contribution in [0.3, 0.4) is 0 Å². The molecule has 3 amide bonds. The average molecular weight is 450 g/mol. The van der Waals surface area contributed by atoms with Crippen molar-refractivity contribution in [3.05, 3.63) is 48.0 Å². The van der Waals surface area contributed by atoms with E-state index in [1.54, 1.807) is 0 Å². The molecule has 33 heavy (non-hydrogen) atoms. The molecule has 0 radical (unpaired) electrons. The number of fused-ring (bicyclic) bond motifs is 2. The van der Waals surface area contributed by atoms with Crippen molar-refractivity contribution in [3.63, 3.8) is 0 Å². The number of rotatable bonds is 6. The van der Waals surface area contributed by atoms with Crippen LogP contribution in [-0.4, -0.2) is 44.0 Å². The van der Waals surface area contributed by atoms with Crippen LogP contribution < -0.4 is 15.5 Å². The number of hydrogen-bond donors (Lipinski definition) is 2. The number of hydrogen-bond acceptors (Lipinski definition) is 4. The number of anilines is 2. The maximum Gasteiger partial charge on any atom is 0.227 e. The molecule has 2 aliphatic heterocycles. The minimum Gasteiger partial charge on any atom is -0.381 e. The molecule has 0 aromatic heterocycles. The van der Waals surface area contributed by atoms with Crippen LogP contribution in [0, 0.1) is 0 Å². The summed E-state index contributed by atoms with van der Waals surface area (Å²) < 4.78 is 5.65. The molecular formula is C26H31N3O4. The number of carbonyl (C=O) groups excluding carboxylic acids is 3. The molecule has 2 aromatic carbocycles. The number of benzene rings is 2. The Kier molecular flexibility index (Phi) is 6.79. The minimum absolute atomic E-state index is 0.0785. The van der Waals surface area contributed by atoms with E-state index in [-0.39, 0.29) is 23.1 Å². The van der Waals surface area contributed by atoms with E-state index in [2.05, 4.69) is 16.7 Å². The van der Waals surface area contributed by atoms with E-state index in [4.69, 9.17) is 4.74 Å². The van der Waals surface area contributed by atoms with Crippen LogP contribution in [-0.2, 0) is 24.5 Å². The highest BCUT2D eigenvalue weighted by atomic mass is 16.5. The van der Waals surface area contributed by atoms with E-state index in [0.717, 1.165) is 35.3 Å². The molecule has 1 saturated heterocycles. The first-order chi connectivity index (χ1) is 15.9. The Balaban J connectivity index is 1.62. The normalized spacial score (nSPS) is 16.4. The summed E-state index contributed by atoms with van der Waals surface area (Å²) in [7, 11) is 0. The van der Waals surface area contributed by atoms with E-state index in [0.29, 0.717) is 39.1 Å². The fourth-order valence-electron chi connectivity index (χ4n) is 4.88. The van der Waals surface area contributed by atoms with Gasteiger partial charge in [0.2, 0.25) is 17.7 Å². The van der Waals surface area contributed by atoms with Gasteiger partial charge in [-0.05, 0) is 60.2 Å². The van der Waals surface area contributed by atoms with Crippen LogP contribution in [0.25, 0.3) is 11.1 Å². The minimum atomic E-state index is -0.105. The molecule has 2 aliphatic rings. The van der Waals surface area contributed by atoms with E-state index < -0.39 is 0 Å². The van der Waals surface area contributed by atoms with E-state index in [9.17, 15) is 14.4 Å². The third-order valence-electron chi connectivity index (χ3n) is 6.53. The number of carbonyl (C=O) groups is 3. The molecule has 0 atom stereocenters. The largest absolute Gasteiger partial charge is 0.381 e. The Hall–Kier alpha value is -3.19. The molecule has 7 heteroatoms. The molecule has 2 heterocycles. The summed E-state index contributed by atoms with van der Waals surface area (Å²) in [6, 6.07) is 14.1. The van der Waals surface area contributed by atoms with Crippen molar-refractivity contribution in [2.75, 3.05) is 36.5 Å². The average Bonchev–Trinajstić information content (AvgIpc) is 3.10. The third-order valence-corrected chi connectivity index (χ3v) is 6.53. The quantitative estimate of drug-likeness (QED) is 0.660. The first-order valence-corrected chi connectivity index (χ1v) is 11.5. The summed E-state index contributed by atoms with van der Waals surface area (Å²) >= 11 is 0. The molecule has 1 fully saturated rings. The van der Waals surface area contributed by atoms with E-state index in [1.165, 1.54) is 19.4 Å². The number of amides is 3. The van der Waals surface area contributed by atoms with Crippen LogP contribution in [0.4, 0.5) is 11.4 Å². The van der Waals surface area contributed by atoms with Crippen LogP contribution in [0.2, 0.25) is 0 Å². The zero-order valence-electron chi connectivity index (χ0n) is 19.3. The lowest BCUT2D eigenvalue weighted by Crippen LogP contribution is -2.40. The van der Waals surface area contributed by atoms with Crippen molar-refractivity contribution in [3.8, 4) is 11.1 Å². The van der Waals surface area contributed by atoms with Crippen molar-refractivity contribution in [1.29, 1.82) is 0 Å². The lowest BCUT2D eigenvalue weighted by atomic mass is 9.75. The molecule has 2 N–H and O–H groups in total. The van der Waals surface area contributed by atoms with Gasteiger partial charge >= 0.3 is 0 Å². The Morgan fingerprint density at radius 1 is 1.00 bits per heavy atom. The summed E-state index contributed by atoms with van der Waals surface area (Å²) in [6.07, 6.45) is 2.78. The summed E-state index contributed by atoms with van der Waals surface area (Å²) in [6.45, 7) is 5.53. The standard InChI is InChI=1S/C26H31N3O4/c1-18(30)27-12-4-7-25(32)29-17-26(10-13-33-14-11-26)23-16-21(8-9-24(23)29)20-5-3-6-22(15-20)28-19(2)31/h3,5-6,8-9,15-16H,4,7,10-14,17H2,1-2H3,(H,27,30)(H,28,31). The first kappa shape index (κ1) is 23.0. The highest BCUT2D eigenvalue weighted by Crippen LogP contribution is 2.48. The maximum absolute atomic E-state index is 13.1. The predicted octanol–water partition coefficient (Wildman–Crippen LogP) is 3.62. The fraction of sp³-hybridized carbons (Fsp3) is 0.423. The van der Waals surface area contributed by atoms with Gasteiger partial charge in [0.25, 0.3) is 0 Å². The van der Waals surface area contributed by atoms with Gasteiger partial charge in [0.1, 0.15) is 0 Å². The molecule has 7 nitrogen and oxygen atoms in total. The predicted molar refractivity (Wildman–Crippen MR) is 128 cm³/mol. The second-order valence-electron chi connectivity index (χ2n) is 8.95. The number of ether oxygens (including phenoxy) is 1. The molecule has 0 saturated carbocycles. The van der Waals surface area contributed by atoms with Crippen LogP contribution in [0.5, 0.6) is 0 Å². The SMILES string of the molecule is CC(=O)NCCCC(=O)N1CC2(CCOCC2)c2cc(-c3cccc(NC(C)=O)c3)ccc21. The molecule has 2 aromatic rings. The Morgan fingerprint density at radius 2 is 1.76 bits per heavy atom. The summed E-state index contributed by atoms with van der Waals surface area (Å²) in [4.78, 5) is 37.6. The van der Waals surface area contributed by atoms with Gasteiger partial charge in [0.05, 0.1) is 0 Å². The van der Waals surface area contributed by atoms with Crippen LogP contribution in [0.15, 0.2) is 42.5 Å². The molecule has 4 rings (SSSR count). The van der Waals surface area contributed by atoms with Gasteiger partial charge < -0.3 is 20.3 Å². The summed E-state index contributed by atoms with van der Waals surface area (Å²) in [5.74, 6) is -0.0921. The van der Waals surface area contributed by atoms with Gasteiger partial charge in [-0.1, -0.05) is 18.2 Å². The summed E-state index contributed by atoms with van der Waals surface area (Å²) in [5.41, 5.74) is 4.91. The van der Waals surface area contributed by atoms with Crippen LogP contribution in [0.1, 0.15) is 45.1 Å². The molecule has 1 spiro atoms. The van der Waals surface area contributed by atoms with Gasteiger partial charge in [0.15, 0.2) is 0 Å². The Morgan fingerprint density at radius 3 is 2.48 bits per heavy atom. The van der Waals surface area contributed by atoms with Crippen molar-refractivity contribution in [2.24, 2.45) is 0 Å². The Bertz CT molecular complexity index is 1060. The lowest BCUT2D eigenvalue weighted by molar-refractivity contribution is -0.120. The highest BCUT2D eigenvalue weighted by molar-refractivity contribution is 5.97. The second kappa shape index (κ2) is 9.75. The lowest BCUT2D eigenvalue weighted by Gasteiger charge is -2.34. The molecule has 0 aliphatic carbocycles. The zero-order chi connectivity index (χ0) is 23.4. The number of nitrogens with zero attached hydrogens (tertiary/aromatic N) is 1. The smallest absolute Gasteiger partial charge is 0.227 e. The maximum atomic E-state index is 13.1. The molecular weight excluding hydrogens is 418 g/mol. The summed E-state index contributed by atoms with van der Waals surface area (Å²) in [5, 5.41) is 5.60. The highest BCUT2D eigenvalue weighted by Gasteiger charge is 2.45. The van der Waals surface area contributed by atoms with Crippen molar-refractivity contribution >= 4 is 29.1 Å². The van der Waals surface area contributed by atoms with Gasteiger partial charge in [-0.15, -0.1) is 0 Å². The fourth-order valence-corrected chi connectivity index (χ4v) is 4.88. The van der Waals surface area contributed by atoms with Crippen molar-refractivity contribution < 1.29 is 19.1 Å². The van der Waals surface area contributed by atoms with Gasteiger partial charge in [-0.2, -0.15) is 0 Å². The van der Waals surface area contributed by atoms with E-state index in [1.807, 2.05) is 41.3 Å². The molecule has 174 valence electrons. The third kappa shape index (κ3) is 5.09. The van der Waals surface area contributed by atoms with Gasteiger partial charge in [0, 0.05) is 63.4 Å². The van der Waals surface area contributed by atoms with Gasteiger partial charge in [-0.25, -0.2) is 0 Å². The first-order valence-electron chi connectivity index (χ1n) is 11.5. The monoisotopic (exact) mass is 449 g/mol. The second-order valence-corrected chi connectivity index (χ2v) is 8.95. The molecule has 0 bridgehead atoms. The van der Waals surface area contributed by atoms with Crippen LogP contribution >= 0.6 is 0 Å². The Labute approximate surface area is 194 Å².